The number of piperidine rings is 1. The molecule has 174 valence electrons. The van der Waals surface area contributed by atoms with Crippen molar-refractivity contribution >= 4 is 27.6 Å². The molecule has 4 aromatic rings. The van der Waals surface area contributed by atoms with E-state index in [9.17, 15) is 4.79 Å². The minimum absolute atomic E-state index is 0.00923. The summed E-state index contributed by atoms with van der Waals surface area (Å²) in [6.07, 6.45) is 3.19. The van der Waals surface area contributed by atoms with Crippen molar-refractivity contribution in [1.29, 1.82) is 0 Å². The number of likely N-dealkylation sites (tertiary alicyclic amines) is 1. The summed E-state index contributed by atoms with van der Waals surface area (Å²) >= 11 is 0. The first kappa shape index (κ1) is 21.2. The average Bonchev–Trinajstić information content (AvgIpc) is 3.23. The smallest absolute Gasteiger partial charge is 0.257 e. The number of rotatable bonds is 5. The Balaban J connectivity index is 1.08. The van der Waals surface area contributed by atoms with Gasteiger partial charge in [0.15, 0.2) is 0 Å². The monoisotopic (exact) mass is 453 g/mol. The molecule has 2 aliphatic heterocycles. The van der Waals surface area contributed by atoms with E-state index in [0.29, 0.717) is 18.1 Å². The Bertz CT molecular complexity index is 1330. The molecular formula is C29H31N3O2. The highest BCUT2D eigenvalue weighted by Gasteiger charge is 2.27. The van der Waals surface area contributed by atoms with Crippen LogP contribution in [0, 0.1) is 5.92 Å². The van der Waals surface area contributed by atoms with Gasteiger partial charge in [-0.25, -0.2) is 0 Å². The van der Waals surface area contributed by atoms with Gasteiger partial charge in [-0.3, -0.25) is 9.69 Å². The van der Waals surface area contributed by atoms with Gasteiger partial charge < -0.3 is 14.6 Å². The number of carbonyl (C=O) groups excluding carboxylic acids is 1. The van der Waals surface area contributed by atoms with E-state index in [1.54, 1.807) is 0 Å². The van der Waals surface area contributed by atoms with Crippen LogP contribution in [0.5, 0.6) is 5.88 Å². The Morgan fingerprint density at radius 1 is 0.912 bits per heavy atom. The fraction of sp³-hybridized carbons (Fsp3) is 0.345. The van der Waals surface area contributed by atoms with Crippen molar-refractivity contribution in [3.63, 3.8) is 0 Å². The van der Waals surface area contributed by atoms with Gasteiger partial charge in [0.1, 0.15) is 5.56 Å². The molecule has 0 saturated carbocycles. The van der Waals surface area contributed by atoms with Gasteiger partial charge in [-0.15, -0.1) is 0 Å². The molecule has 5 heteroatoms. The fourth-order valence-electron chi connectivity index (χ4n) is 5.61. The van der Waals surface area contributed by atoms with E-state index in [4.69, 9.17) is 4.74 Å². The summed E-state index contributed by atoms with van der Waals surface area (Å²) in [5.41, 5.74) is 3.18. The van der Waals surface area contributed by atoms with Crippen LogP contribution in [-0.2, 0) is 13.1 Å². The Hall–Kier alpha value is -3.31. The highest BCUT2D eigenvalue weighted by molar-refractivity contribution is 6.09. The minimum Gasteiger partial charge on any atom is -0.478 e. The number of hydrogen-bond donors (Lipinski definition) is 1. The molecule has 1 saturated heterocycles. The van der Waals surface area contributed by atoms with Crippen LogP contribution in [-0.4, -0.2) is 41.6 Å². The summed E-state index contributed by atoms with van der Waals surface area (Å²) in [7, 11) is 0. The molecule has 1 aromatic heterocycles. The quantitative estimate of drug-likeness (QED) is 0.451. The van der Waals surface area contributed by atoms with E-state index < -0.39 is 0 Å². The largest absolute Gasteiger partial charge is 0.478 e. The molecule has 0 aliphatic carbocycles. The zero-order valence-electron chi connectivity index (χ0n) is 19.5. The number of aromatic nitrogens is 1. The van der Waals surface area contributed by atoms with Crippen LogP contribution in [0.4, 0.5) is 0 Å². The molecule has 3 aromatic carbocycles. The Kier molecular flexibility index (Phi) is 5.71. The maximum atomic E-state index is 13.2. The first-order chi connectivity index (χ1) is 16.8. The second kappa shape index (κ2) is 9.15. The second-order valence-corrected chi connectivity index (χ2v) is 9.62. The van der Waals surface area contributed by atoms with Crippen LogP contribution in [0.2, 0.25) is 0 Å². The van der Waals surface area contributed by atoms with Crippen molar-refractivity contribution in [3.05, 3.63) is 77.9 Å². The highest BCUT2D eigenvalue weighted by atomic mass is 16.5. The van der Waals surface area contributed by atoms with Gasteiger partial charge in [-0.2, -0.15) is 0 Å². The zero-order valence-corrected chi connectivity index (χ0v) is 19.5. The molecule has 6 rings (SSSR count). The summed E-state index contributed by atoms with van der Waals surface area (Å²) in [4.78, 5) is 15.8. The van der Waals surface area contributed by atoms with E-state index in [1.807, 2.05) is 18.2 Å². The molecule has 0 atom stereocenters. The van der Waals surface area contributed by atoms with Crippen LogP contribution < -0.4 is 10.1 Å². The van der Waals surface area contributed by atoms with Gasteiger partial charge >= 0.3 is 0 Å². The molecule has 1 N–H and O–H groups in total. The Labute approximate surface area is 200 Å². The summed E-state index contributed by atoms with van der Waals surface area (Å²) in [5.74, 6) is 1.23. The van der Waals surface area contributed by atoms with Gasteiger partial charge in [-0.1, -0.05) is 60.7 Å². The first-order valence-electron chi connectivity index (χ1n) is 12.5. The van der Waals surface area contributed by atoms with Crippen molar-refractivity contribution in [3.8, 4) is 5.88 Å². The van der Waals surface area contributed by atoms with E-state index in [1.165, 1.54) is 16.3 Å². The number of para-hydroxylation sites is 1. The van der Waals surface area contributed by atoms with Gasteiger partial charge in [0, 0.05) is 25.0 Å². The van der Waals surface area contributed by atoms with Crippen molar-refractivity contribution in [2.24, 2.45) is 5.92 Å². The number of carbonyl (C=O) groups is 1. The van der Waals surface area contributed by atoms with Gasteiger partial charge in [0.25, 0.3) is 5.91 Å². The number of aryl methyl sites for hydroxylation is 1. The van der Waals surface area contributed by atoms with Crippen molar-refractivity contribution in [2.45, 2.75) is 32.4 Å². The number of nitrogens with one attached hydrogen (secondary N) is 1. The van der Waals surface area contributed by atoms with Crippen molar-refractivity contribution < 1.29 is 9.53 Å². The Morgan fingerprint density at radius 2 is 1.68 bits per heavy atom. The molecule has 1 amide bonds. The number of amides is 1. The lowest BCUT2D eigenvalue weighted by Gasteiger charge is -2.32. The molecule has 0 unspecified atom stereocenters. The second-order valence-electron chi connectivity index (χ2n) is 9.62. The molecule has 3 heterocycles. The summed E-state index contributed by atoms with van der Waals surface area (Å²) in [6, 6.07) is 23.4. The lowest BCUT2D eigenvalue weighted by molar-refractivity contribution is 0.0930. The number of hydrogen-bond acceptors (Lipinski definition) is 3. The third-order valence-corrected chi connectivity index (χ3v) is 7.45. The van der Waals surface area contributed by atoms with Crippen LogP contribution in [0.1, 0.15) is 35.2 Å². The predicted molar refractivity (Wildman–Crippen MR) is 136 cm³/mol. The summed E-state index contributed by atoms with van der Waals surface area (Å²) in [6.45, 7) is 5.42. The zero-order chi connectivity index (χ0) is 22.9. The van der Waals surface area contributed by atoms with Gasteiger partial charge in [0.05, 0.1) is 12.1 Å². The third kappa shape index (κ3) is 3.94. The molecule has 0 spiro atoms. The Morgan fingerprint density at radius 3 is 2.56 bits per heavy atom. The van der Waals surface area contributed by atoms with E-state index in [0.717, 1.165) is 68.8 Å². The standard InChI is InChI=1S/C29H31N3O2/c33-28(27-25-11-3-4-12-26(25)32-15-6-18-34-29(27)32)30-19-21-13-16-31(17-14-21)20-23-9-5-8-22-7-1-2-10-24(22)23/h1-5,7-12,21H,6,13-20H2,(H,30,33). The highest BCUT2D eigenvalue weighted by Crippen LogP contribution is 2.34. The summed E-state index contributed by atoms with van der Waals surface area (Å²) in [5, 5.41) is 6.88. The summed E-state index contributed by atoms with van der Waals surface area (Å²) < 4.78 is 8.10. The first-order valence-corrected chi connectivity index (χ1v) is 12.5. The minimum atomic E-state index is -0.00923. The molecule has 2 aliphatic rings. The number of benzene rings is 3. The third-order valence-electron chi connectivity index (χ3n) is 7.45. The molecule has 0 radical (unpaired) electrons. The lowest BCUT2D eigenvalue weighted by atomic mass is 9.95. The molecule has 5 nitrogen and oxygen atoms in total. The normalized spacial score (nSPS) is 16.9. The van der Waals surface area contributed by atoms with Crippen LogP contribution >= 0.6 is 0 Å². The van der Waals surface area contributed by atoms with Crippen LogP contribution in [0.15, 0.2) is 66.7 Å². The molecule has 34 heavy (non-hydrogen) atoms. The number of fused-ring (bicyclic) bond motifs is 4. The maximum Gasteiger partial charge on any atom is 0.257 e. The SMILES string of the molecule is O=C(NCC1CCN(Cc2cccc3ccccc23)CC1)c1c2n(c3ccccc13)CCCO2. The lowest BCUT2D eigenvalue weighted by Crippen LogP contribution is -2.38. The maximum absolute atomic E-state index is 13.2. The fourth-order valence-corrected chi connectivity index (χ4v) is 5.61. The van der Waals surface area contributed by atoms with Gasteiger partial charge in [-0.05, 0) is 60.7 Å². The van der Waals surface area contributed by atoms with E-state index in [-0.39, 0.29) is 5.91 Å². The molecule has 1 fully saturated rings. The number of nitrogens with zero attached hydrogens (tertiary/aromatic N) is 2. The average molecular weight is 454 g/mol. The topological polar surface area (TPSA) is 46.5 Å². The molecule has 0 bridgehead atoms. The van der Waals surface area contributed by atoms with Gasteiger partial charge in [0.2, 0.25) is 5.88 Å². The van der Waals surface area contributed by atoms with E-state index in [2.05, 4.69) is 63.3 Å². The molecular weight excluding hydrogens is 422 g/mol. The van der Waals surface area contributed by atoms with Crippen LogP contribution in [0.25, 0.3) is 21.7 Å². The number of ether oxygens (including phenoxy) is 1. The predicted octanol–water partition coefficient (Wildman–Crippen LogP) is 5.22. The van der Waals surface area contributed by atoms with Crippen LogP contribution in [0.3, 0.4) is 0 Å². The van der Waals surface area contributed by atoms with E-state index >= 15 is 0 Å². The van der Waals surface area contributed by atoms with Crippen molar-refractivity contribution in [1.82, 2.24) is 14.8 Å². The van der Waals surface area contributed by atoms with Crippen molar-refractivity contribution in [2.75, 3.05) is 26.2 Å².